The Kier molecular flexibility index (Phi) is 4.43. The van der Waals surface area contributed by atoms with E-state index in [2.05, 4.69) is 10.6 Å². The number of nitrogens with one attached hydrogen (secondary N) is 2. The van der Waals surface area contributed by atoms with Crippen molar-refractivity contribution < 1.29 is 9.90 Å². The van der Waals surface area contributed by atoms with Crippen LogP contribution in [0.1, 0.15) is 36.8 Å². The Bertz CT molecular complexity index is 451. The minimum Gasteiger partial charge on any atom is -0.393 e. The van der Waals surface area contributed by atoms with Gasteiger partial charge in [0.15, 0.2) is 0 Å². The number of anilines is 1. The molecular weight excluding hydrogens is 240 g/mol. The number of urea groups is 1. The number of aliphatic hydroxyl groups excluding tert-OH is 1. The zero-order chi connectivity index (χ0) is 13.8. The first-order valence-electron chi connectivity index (χ1n) is 6.87. The largest absolute Gasteiger partial charge is 0.393 e. The highest BCUT2D eigenvalue weighted by Crippen LogP contribution is 2.19. The first-order chi connectivity index (χ1) is 9.04. The van der Waals surface area contributed by atoms with Crippen LogP contribution in [-0.4, -0.2) is 23.3 Å². The van der Waals surface area contributed by atoms with E-state index in [-0.39, 0.29) is 18.2 Å². The summed E-state index contributed by atoms with van der Waals surface area (Å²) in [7, 11) is 0. The zero-order valence-corrected chi connectivity index (χ0v) is 11.6. The second-order valence-electron chi connectivity index (χ2n) is 5.42. The fraction of sp³-hybridized carbons (Fsp3) is 0.533. The van der Waals surface area contributed by atoms with Gasteiger partial charge in [-0.1, -0.05) is 17.7 Å². The maximum absolute atomic E-state index is 11.9. The predicted molar refractivity (Wildman–Crippen MR) is 76.3 cm³/mol. The Hall–Kier alpha value is -1.55. The first-order valence-corrected chi connectivity index (χ1v) is 6.87. The molecule has 4 heteroatoms. The third-order valence-electron chi connectivity index (χ3n) is 3.66. The summed E-state index contributed by atoms with van der Waals surface area (Å²) in [5, 5.41) is 15.3. The molecule has 1 aromatic carbocycles. The van der Waals surface area contributed by atoms with Gasteiger partial charge >= 0.3 is 6.03 Å². The van der Waals surface area contributed by atoms with Crippen LogP contribution < -0.4 is 10.6 Å². The quantitative estimate of drug-likeness (QED) is 0.767. The zero-order valence-electron chi connectivity index (χ0n) is 11.6. The average Bonchev–Trinajstić information content (AvgIpc) is 2.36. The van der Waals surface area contributed by atoms with Gasteiger partial charge in [0.1, 0.15) is 0 Å². The van der Waals surface area contributed by atoms with Gasteiger partial charge in [-0.15, -0.1) is 0 Å². The molecule has 104 valence electrons. The lowest BCUT2D eigenvalue weighted by atomic mass is 9.93. The lowest BCUT2D eigenvalue weighted by Crippen LogP contribution is -2.41. The van der Waals surface area contributed by atoms with E-state index in [1.807, 2.05) is 32.0 Å². The fourth-order valence-electron chi connectivity index (χ4n) is 2.52. The summed E-state index contributed by atoms with van der Waals surface area (Å²) in [6.45, 7) is 4.02. The molecule has 0 aliphatic heterocycles. The van der Waals surface area contributed by atoms with Crippen molar-refractivity contribution in [1.29, 1.82) is 0 Å². The van der Waals surface area contributed by atoms with Gasteiger partial charge in [-0.2, -0.15) is 0 Å². The maximum Gasteiger partial charge on any atom is 0.319 e. The van der Waals surface area contributed by atoms with Crippen molar-refractivity contribution in [2.75, 3.05) is 5.32 Å². The second-order valence-corrected chi connectivity index (χ2v) is 5.42. The molecule has 1 aliphatic rings. The van der Waals surface area contributed by atoms with Crippen LogP contribution >= 0.6 is 0 Å². The van der Waals surface area contributed by atoms with Crippen LogP contribution in [0.4, 0.5) is 10.5 Å². The Morgan fingerprint density at radius 3 is 2.53 bits per heavy atom. The number of carbonyl (C=O) groups is 1. The van der Waals surface area contributed by atoms with E-state index in [1.165, 1.54) is 5.56 Å². The molecule has 1 fully saturated rings. The van der Waals surface area contributed by atoms with Gasteiger partial charge in [-0.3, -0.25) is 0 Å². The predicted octanol–water partition coefficient (Wildman–Crippen LogP) is 2.73. The molecule has 0 aromatic heterocycles. The first kappa shape index (κ1) is 13.9. The van der Waals surface area contributed by atoms with Crippen molar-refractivity contribution in [3.63, 3.8) is 0 Å². The monoisotopic (exact) mass is 262 g/mol. The summed E-state index contributed by atoms with van der Waals surface area (Å²) < 4.78 is 0. The van der Waals surface area contributed by atoms with Crippen LogP contribution in [-0.2, 0) is 0 Å². The highest BCUT2D eigenvalue weighted by Gasteiger charge is 2.20. The van der Waals surface area contributed by atoms with Gasteiger partial charge in [-0.05, 0) is 51.2 Å². The molecule has 19 heavy (non-hydrogen) atoms. The van der Waals surface area contributed by atoms with Gasteiger partial charge in [0, 0.05) is 11.7 Å². The van der Waals surface area contributed by atoms with Crippen molar-refractivity contribution in [2.24, 2.45) is 0 Å². The molecule has 0 atom stereocenters. The molecule has 0 unspecified atom stereocenters. The molecule has 0 saturated heterocycles. The summed E-state index contributed by atoms with van der Waals surface area (Å²) >= 11 is 0. The molecule has 4 nitrogen and oxygen atoms in total. The lowest BCUT2D eigenvalue weighted by Gasteiger charge is -2.26. The van der Waals surface area contributed by atoms with Gasteiger partial charge in [0.25, 0.3) is 0 Å². The van der Waals surface area contributed by atoms with E-state index in [1.54, 1.807) is 0 Å². The number of amides is 2. The molecule has 1 aromatic rings. The number of aliphatic hydroxyl groups is 1. The summed E-state index contributed by atoms with van der Waals surface area (Å²) in [4.78, 5) is 11.9. The molecule has 3 N–H and O–H groups in total. The smallest absolute Gasteiger partial charge is 0.319 e. The van der Waals surface area contributed by atoms with Crippen LogP contribution in [0.15, 0.2) is 18.2 Å². The maximum atomic E-state index is 11.9. The molecule has 0 spiro atoms. The van der Waals surface area contributed by atoms with Crippen molar-refractivity contribution in [3.05, 3.63) is 29.3 Å². The number of aryl methyl sites for hydroxylation is 2. The summed E-state index contributed by atoms with van der Waals surface area (Å²) in [5.74, 6) is 0. The van der Waals surface area contributed by atoms with Crippen LogP contribution in [0.5, 0.6) is 0 Å². The van der Waals surface area contributed by atoms with Crippen LogP contribution in [0, 0.1) is 13.8 Å². The van der Waals surface area contributed by atoms with E-state index in [0.717, 1.165) is 36.9 Å². The number of hydrogen-bond donors (Lipinski definition) is 3. The number of carbonyl (C=O) groups excluding carboxylic acids is 1. The van der Waals surface area contributed by atoms with Gasteiger partial charge in [0.2, 0.25) is 0 Å². The van der Waals surface area contributed by atoms with Gasteiger partial charge in [-0.25, -0.2) is 4.79 Å². The Labute approximate surface area is 114 Å². The molecule has 2 amide bonds. The number of rotatable bonds is 2. The summed E-state index contributed by atoms with van der Waals surface area (Å²) in [6, 6.07) is 5.98. The Morgan fingerprint density at radius 2 is 1.89 bits per heavy atom. The number of hydrogen-bond acceptors (Lipinski definition) is 2. The topological polar surface area (TPSA) is 61.4 Å². The van der Waals surface area contributed by atoms with Crippen molar-refractivity contribution in [3.8, 4) is 0 Å². The van der Waals surface area contributed by atoms with Crippen LogP contribution in [0.2, 0.25) is 0 Å². The lowest BCUT2D eigenvalue weighted by molar-refractivity contribution is 0.118. The minimum absolute atomic E-state index is 0.159. The van der Waals surface area contributed by atoms with Gasteiger partial charge in [0.05, 0.1) is 6.10 Å². The molecule has 0 bridgehead atoms. The standard InChI is InChI=1S/C15H22N2O2/c1-10-3-8-14(11(2)9-10)17-15(19)16-12-4-6-13(18)7-5-12/h3,8-9,12-13,18H,4-7H2,1-2H3,(H2,16,17,19). The molecule has 0 radical (unpaired) electrons. The molecule has 1 aliphatic carbocycles. The van der Waals surface area contributed by atoms with E-state index in [4.69, 9.17) is 0 Å². The average molecular weight is 262 g/mol. The Balaban J connectivity index is 1.87. The highest BCUT2D eigenvalue weighted by molar-refractivity contribution is 5.90. The van der Waals surface area contributed by atoms with Crippen LogP contribution in [0.25, 0.3) is 0 Å². The van der Waals surface area contributed by atoms with Crippen molar-refractivity contribution in [1.82, 2.24) is 5.32 Å². The number of benzene rings is 1. The molecule has 2 rings (SSSR count). The second kappa shape index (κ2) is 6.06. The van der Waals surface area contributed by atoms with E-state index in [0.29, 0.717) is 0 Å². The molecular formula is C15H22N2O2. The molecule has 0 heterocycles. The third-order valence-corrected chi connectivity index (χ3v) is 3.66. The van der Waals surface area contributed by atoms with E-state index < -0.39 is 0 Å². The van der Waals surface area contributed by atoms with E-state index in [9.17, 15) is 9.90 Å². The molecule has 1 saturated carbocycles. The summed E-state index contributed by atoms with van der Waals surface area (Å²) in [5.41, 5.74) is 3.10. The normalized spacial score (nSPS) is 22.9. The minimum atomic E-state index is -0.194. The third kappa shape index (κ3) is 3.96. The van der Waals surface area contributed by atoms with Gasteiger partial charge < -0.3 is 15.7 Å². The van der Waals surface area contributed by atoms with Crippen LogP contribution in [0.3, 0.4) is 0 Å². The van der Waals surface area contributed by atoms with Crippen molar-refractivity contribution >= 4 is 11.7 Å². The van der Waals surface area contributed by atoms with Crippen molar-refractivity contribution in [2.45, 2.75) is 51.7 Å². The van der Waals surface area contributed by atoms with E-state index >= 15 is 0 Å². The summed E-state index contributed by atoms with van der Waals surface area (Å²) in [6.07, 6.45) is 3.05. The fourth-order valence-corrected chi connectivity index (χ4v) is 2.52. The Morgan fingerprint density at radius 1 is 1.21 bits per heavy atom. The highest BCUT2D eigenvalue weighted by atomic mass is 16.3. The SMILES string of the molecule is Cc1ccc(NC(=O)NC2CCC(O)CC2)c(C)c1.